The normalized spacial score (nSPS) is 10.9. The highest BCUT2D eigenvalue weighted by Crippen LogP contribution is 2.23. The van der Waals surface area contributed by atoms with E-state index in [1.807, 2.05) is 31.2 Å². The fourth-order valence-corrected chi connectivity index (χ4v) is 3.08. The van der Waals surface area contributed by atoms with Crippen LogP contribution in [0.4, 0.5) is 5.69 Å². The molecule has 0 saturated heterocycles. The molecule has 0 aliphatic rings. The number of nitro benzene ring substituents is 1. The summed E-state index contributed by atoms with van der Waals surface area (Å²) in [5, 5.41) is 10.8. The van der Waals surface area contributed by atoms with E-state index < -0.39 is 10.9 Å². The second-order valence-electron chi connectivity index (χ2n) is 6.10. The maximum Gasteiger partial charge on any atom is 0.329 e. The van der Waals surface area contributed by atoms with Crippen molar-refractivity contribution in [1.29, 1.82) is 0 Å². The highest BCUT2D eigenvalue weighted by atomic mass is 16.6. The average molecular weight is 369 g/mol. The van der Waals surface area contributed by atoms with E-state index in [9.17, 15) is 19.7 Å². The molecular weight excluding hydrogens is 350 g/mol. The number of hydrogen-bond donors (Lipinski definition) is 0. The summed E-state index contributed by atoms with van der Waals surface area (Å²) < 4.78 is 8.46. The summed E-state index contributed by atoms with van der Waals surface area (Å²) in [5.41, 5.74) is 1.80. The summed E-state index contributed by atoms with van der Waals surface area (Å²) in [7, 11) is 0. The van der Waals surface area contributed by atoms with Crippen LogP contribution in [0.2, 0.25) is 0 Å². The Labute approximate surface area is 154 Å². The molecule has 0 radical (unpaired) electrons. The van der Waals surface area contributed by atoms with E-state index in [1.54, 1.807) is 16.1 Å². The first kappa shape index (κ1) is 18.4. The number of para-hydroxylation sites is 2. The minimum Gasteiger partial charge on any atom is -0.426 e. The molecule has 0 unspecified atom stereocenters. The zero-order valence-electron chi connectivity index (χ0n) is 15.0. The maximum atomic E-state index is 12.5. The summed E-state index contributed by atoms with van der Waals surface area (Å²) in [6.45, 7) is 4.20. The number of nitrogens with zero attached hydrogens (tertiary/aromatic N) is 3. The lowest BCUT2D eigenvalue weighted by atomic mass is 10.2. The number of imidazole rings is 1. The maximum absolute atomic E-state index is 12.5. The van der Waals surface area contributed by atoms with Gasteiger partial charge < -0.3 is 4.74 Å². The van der Waals surface area contributed by atoms with Crippen LogP contribution in [0.15, 0.2) is 47.3 Å². The van der Waals surface area contributed by atoms with Crippen LogP contribution < -0.4 is 10.4 Å². The minimum atomic E-state index is -0.511. The predicted molar refractivity (Wildman–Crippen MR) is 100.0 cm³/mol. The summed E-state index contributed by atoms with van der Waals surface area (Å²) in [6.07, 6.45) is 0.00760. The largest absolute Gasteiger partial charge is 0.426 e. The van der Waals surface area contributed by atoms with Gasteiger partial charge in [-0.3, -0.25) is 24.0 Å². The van der Waals surface area contributed by atoms with Crippen LogP contribution in [0.3, 0.4) is 0 Å². The second-order valence-corrected chi connectivity index (χ2v) is 6.10. The summed E-state index contributed by atoms with van der Waals surface area (Å²) in [5.74, 6) is -0.269. The molecule has 3 rings (SSSR count). The second kappa shape index (κ2) is 7.45. The fourth-order valence-electron chi connectivity index (χ4n) is 3.08. The van der Waals surface area contributed by atoms with Crippen LogP contribution in [0.1, 0.15) is 18.9 Å². The third kappa shape index (κ3) is 3.59. The van der Waals surface area contributed by atoms with Crippen molar-refractivity contribution in [3.8, 4) is 5.75 Å². The smallest absolute Gasteiger partial charge is 0.329 e. The Morgan fingerprint density at radius 3 is 2.41 bits per heavy atom. The number of aryl methyl sites for hydroxylation is 3. The van der Waals surface area contributed by atoms with E-state index >= 15 is 0 Å². The molecular formula is C19H19N3O5. The van der Waals surface area contributed by atoms with Gasteiger partial charge >= 0.3 is 11.7 Å². The van der Waals surface area contributed by atoms with Gasteiger partial charge in [-0.1, -0.05) is 12.1 Å². The third-order valence-electron chi connectivity index (χ3n) is 4.38. The van der Waals surface area contributed by atoms with Crippen molar-refractivity contribution in [1.82, 2.24) is 9.13 Å². The molecule has 0 amide bonds. The number of carbonyl (C=O) groups is 1. The average Bonchev–Trinajstić information content (AvgIpc) is 2.90. The van der Waals surface area contributed by atoms with Gasteiger partial charge in [-0.15, -0.1) is 0 Å². The monoisotopic (exact) mass is 369 g/mol. The minimum absolute atomic E-state index is 0.00760. The number of carbonyl (C=O) groups excluding carboxylic acids is 1. The lowest BCUT2D eigenvalue weighted by Gasteiger charge is -2.06. The topological polar surface area (TPSA) is 96.4 Å². The standard InChI is InChI=1S/C19H19N3O5/c1-3-20-16-6-4-5-7-17(16)21(19(20)24)11-10-18(23)27-14-8-9-15(22(25)26)13(2)12-14/h4-9,12H,3,10-11H2,1-2H3. The number of rotatable bonds is 6. The Kier molecular flexibility index (Phi) is 5.07. The Bertz CT molecular complexity index is 1080. The third-order valence-corrected chi connectivity index (χ3v) is 4.38. The quantitative estimate of drug-likeness (QED) is 0.288. The molecule has 0 saturated carbocycles. The van der Waals surface area contributed by atoms with Crippen LogP contribution in [0.5, 0.6) is 5.75 Å². The van der Waals surface area contributed by atoms with E-state index in [2.05, 4.69) is 0 Å². The first-order valence-corrected chi connectivity index (χ1v) is 8.56. The first-order chi connectivity index (χ1) is 12.9. The molecule has 0 aliphatic carbocycles. The molecule has 2 aromatic carbocycles. The van der Waals surface area contributed by atoms with Crippen LogP contribution in [0.25, 0.3) is 11.0 Å². The molecule has 0 N–H and O–H groups in total. The van der Waals surface area contributed by atoms with E-state index in [-0.39, 0.29) is 30.1 Å². The molecule has 1 heterocycles. The molecule has 8 nitrogen and oxygen atoms in total. The van der Waals surface area contributed by atoms with Crippen molar-refractivity contribution in [2.45, 2.75) is 33.4 Å². The molecule has 0 atom stereocenters. The van der Waals surface area contributed by atoms with Gasteiger partial charge in [0.25, 0.3) is 5.69 Å². The zero-order valence-corrected chi connectivity index (χ0v) is 15.0. The van der Waals surface area contributed by atoms with Crippen molar-refractivity contribution in [3.63, 3.8) is 0 Å². The van der Waals surface area contributed by atoms with Gasteiger partial charge in [-0.25, -0.2) is 4.79 Å². The van der Waals surface area contributed by atoms with Crippen molar-refractivity contribution >= 4 is 22.7 Å². The Morgan fingerprint density at radius 1 is 1.15 bits per heavy atom. The lowest BCUT2D eigenvalue weighted by molar-refractivity contribution is -0.385. The van der Waals surface area contributed by atoms with Gasteiger partial charge in [0.15, 0.2) is 0 Å². The lowest BCUT2D eigenvalue weighted by Crippen LogP contribution is -2.25. The fraction of sp³-hybridized carbons (Fsp3) is 0.263. The Hall–Kier alpha value is -3.42. The number of aromatic nitrogens is 2. The van der Waals surface area contributed by atoms with E-state index in [4.69, 9.17) is 4.74 Å². The van der Waals surface area contributed by atoms with E-state index in [1.165, 1.54) is 18.2 Å². The van der Waals surface area contributed by atoms with Crippen LogP contribution >= 0.6 is 0 Å². The van der Waals surface area contributed by atoms with Gasteiger partial charge in [-0.05, 0) is 38.1 Å². The van der Waals surface area contributed by atoms with Gasteiger partial charge in [0, 0.05) is 24.7 Å². The highest BCUT2D eigenvalue weighted by Gasteiger charge is 2.15. The number of esters is 1. The summed E-state index contributed by atoms with van der Waals surface area (Å²) in [4.78, 5) is 35.1. The van der Waals surface area contributed by atoms with Gasteiger partial charge in [0.05, 0.1) is 22.4 Å². The molecule has 140 valence electrons. The zero-order chi connectivity index (χ0) is 19.6. The van der Waals surface area contributed by atoms with E-state index in [0.717, 1.165) is 11.0 Å². The SMILES string of the molecule is CCn1c(=O)n(CCC(=O)Oc2ccc([N+](=O)[O-])c(C)c2)c2ccccc21. The van der Waals surface area contributed by atoms with Crippen LogP contribution in [0, 0.1) is 17.0 Å². The van der Waals surface area contributed by atoms with Gasteiger partial charge in [-0.2, -0.15) is 0 Å². The highest BCUT2D eigenvalue weighted by molar-refractivity contribution is 5.77. The molecule has 0 bridgehead atoms. The molecule has 0 spiro atoms. The Morgan fingerprint density at radius 2 is 1.81 bits per heavy atom. The van der Waals surface area contributed by atoms with Crippen molar-refractivity contribution in [2.24, 2.45) is 0 Å². The molecule has 1 aromatic heterocycles. The molecule has 27 heavy (non-hydrogen) atoms. The molecule has 3 aromatic rings. The number of benzene rings is 2. The molecule has 0 aliphatic heterocycles. The van der Waals surface area contributed by atoms with Crippen molar-refractivity contribution < 1.29 is 14.5 Å². The van der Waals surface area contributed by atoms with E-state index in [0.29, 0.717) is 12.1 Å². The van der Waals surface area contributed by atoms with Crippen LogP contribution in [-0.4, -0.2) is 20.0 Å². The van der Waals surface area contributed by atoms with Gasteiger partial charge in [0.1, 0.15) is 5.75 Å². The summed E-state index contributed by atoms with van der Waals surface area (Å²) in [6, 6.07) is 11.6. The molecule has 8 heteroatoms. The number of nitro groups is 1. The molecule has 0 fully saturated rings. The first-order valence-electron chi connectivity index (χ1n) is 8.56. The van der Waals surface area contributed by atoms with Crippen LogP contribution in [-0.2, 0) is 17.9 Å². The van der Waals surface area contributed by atoms with Crippen molar-refractivity contribution in [3.05, 3.63) is 68.6 Å². The summed E-state index contributed by atoms with van der Waals surface area (Å²) >= 11 is 0. The Balaban J connectivity index is 1.74. The number of ether oxygens (including phenoxy) is 1. The predicted octanol–water partition coefficient (Wildman–Crippen LogP) is 3.04. The number of hydrogen-bond acceptors (Lipinski definition) is 5. The van der Waals surface area contributed by atoms with Gasteiger partial charge in [0.2, 0.25) is 0 Å². The van der Waals surface area contributed by atoms with Crippen molar-refractivity contribution in [2.75, 3.05) is 0 Å². The number of fused-ring (bicyclic) bond motifs is 1.